The van der Waals surface area contributed by atoms with Crippen LogP contribution in [0.5, 0.6) is 5.75 Å². The molecule has 0 aromatic heterocycles. The quantitative estimate of drug-likeness (QED) is 0.598. The number of carboxylic acids is 2. The van der Waals surface area contributed by atoms with Crippen LogP contribution in [0.2, 0.25) is 0 Å². The lowest BCUT2D eigenvalue weighted by Gasteiger charge is -2.15. The molecule has 0 saturated heterocycles. The van der Waals surface area contributed by atoms with Crippen LogP contribution in [0.3, 0.4) is 0 Å². The largest absolute Gasteiger partial charge is 0.492 e. The molecule has 0 radical (unpaired) electrons. The number of benzene rings is 1. The zero-order valence-electron chi connectivity index (χ0n) is 11.3. The topological polar surface area (TPSA) is 125 Å². The van der Waals surface area contributed by atoms with E-state index in [0.717, 1.165) is 0 Å². The molecule has 8 heteroatoms. The highest BCUT2D eigenvalue weighted by Gasteiger charge is 2.23. The predicted molar refractivity (Wildman–Crippen MR) is 73.4 cm³/mol. The minimum Gasteiger partial charge on any atom is -0.492 e. The van der Waals surface area contributed by atoms with Crippen LogP contribution in [-0.4, -0.2) is 40.8 Å². The molecule has 0 aliphatic carbocycles. The number of carboxylic acid groups (broad SMARTS) is 2. The van der Waals surface area contributed by atoms with Crippen molar-refractivity contribution >= 4 is 23.7 Å². The van der Waals surface area contributed by atoms with E-state index in [0.29, 0.717) is 18.0 Å². The van der Waals surface area contributed by atoms with Crippen molar-refractivity contribution in [2.75, 3.05) is 11.9 Å². The molecule has 21 heavy (non-hydrogen) atoms. The molecule has 2 amide bonds. The van der Waals surface area contributed by atoms with Crippen LogP contribution < -0.4 is 15.4 Å². The van der Waals surface area contributed by atoms with Crippen LogP contribution in [0.4, 0.5) is 10.5 Å². The third-order valence-corrected chi connectivity index (χ3v) is 2.42. The Morgan fingerprint density at radius 1 is 1.24 bits per heavy atom. The summed E-state index contributed by atoms with van der Waals surface area (Å²) in [6.45, 7) is 2.18. The SMILES string of the molecule is CCOc1ccccc1NC(=O)NC(CC(=O)O)C(=O)O. The minimum atomic E-state index is -1.51. The van der Waals surface area contributed by atoms with Crippen molar-refractivity contribution in [1.29, 1.82) is 0 Å². The molecule has 0 bridgehead atoms. The van der Waals surface area contributed by atoms with Gasteiger partial charge in [-0.15, -0.1) is 0 Å². The lowest BCUT2D eigenvalue weighted by molar-refractivity contribution is -0.145. The van der Waals surface area contributed by atoms with Crippen LogP contribution in [0.1, 0.15) is 13.3 Å². The number of amides is 2. The number of nitrogens with one attached hydrogen (secondary N) is 2. The van der Waals surface area contributed by atoms with Gasteiger partial charge in [-0.2, -0.15) is 0 Å². The number of carbonyl (C=O) groups is 3. The molecule has 1 atom stereocenters. The Bertz CT molecular complexity index is 531. The fourth-order valence-electron chi connectivity index (χ4n) is 1.54. The number of hydrogen-bond donors (Lipinski definition) is 4. The molecule has 0 spiro atoms. The lowest BCUT2D eigenvalue weighted by atomic mass is 10.2. The highest BCUT2D eigenvalue weighted by molar-refractivity contribution is 5.94. The van der Waals surface area contributed by atoms with E-state index >= 15 is 0 Å². The van der Waals surface area contributed by atoms with Gasteiger partial charge >= 0.3 is 18.0 Å². The summed E-state index contributed by atoms with van der Waals surface area (Å²) in [5.74, 6) is -2.32. The van der Waals surface area contributed by atoms with Gasteiger partial charge < -0.3 is 25.6 Å². The predicted octanol–water partition coefficient (Wildman–Crippen LogP) is 1.13. The number of para-hydroxylation sites is 2. The van der Waals surface area contributed by atoms with Crippen molar-refractivity contribution in [2.24, 2.45) is 0 Å². The van der Waals surface area contributed by atoms with Gasteiger partial charge in [0.2, 0.25) is 0 Å². The van der Waals surface area contributed by atoms with Crippen molar-refractivity contribution in [2.45, 2.75) is 19.4 Å². The molecule has 0 aliphatic rings. The monoisotopic (exact) mass is 296 g/mol. The van der Waals surface area contributed by atoms with Gasteiger partial charge in [-0.05, 0) is 19.1 Å². The Hall–Kier alpha value is -2.77. The first kappa shape index (κ1) is 16.3. The van der Waals surface area contributed by atoms with E-state index in [4.69, 9.17) is 14.9 Å². The molecule has 0 fully saturated rings. The van der Waals surface area contributed by atoms with Gasteiger partial charge in [0.15, 0.2) is 0 Å². The average Bonchev–Trinajstić information content (AvgIpc) is 2.40. The second-order valence-electron chi connectivity index (χ2n) is 4.02. The molecule has 1 aromatic rings. The summed E-state index contributed by atoms with van der Waals surface area (Å²) in [6, 6.07) is 4.28. The normalized spacial score (nSPS) is 11.3. The van der Waals surface area contributed by atoms with Crippen LogP contribution in [-0.2, 0) is 9.59 Å². The third-order valence-electron chi connectivity index (χ3n) is 2.42. The summed E-state index contributed by atoms with van der Waals surface area (Å²) in [6.07, 6.45) is -0.712. The lowest BCUT2D eigenvalue weighted by Crippen LogP contribution is -2.44. The number of hydrogen-bond acceptors (Lipinski definition) is 4. The van der Waals surface area contributed by atoms with Gasteiger partial charge in [0.1, 0.15) is 11.8 Å². The van der Waals surface area contributed by atoms with E-state index in [-0.39, 0.29) is 0 Å². The maximum Gasteiger partial charge on any atom is 0.326 e. The van der Waals surface area contributed by atoms with Crippen LogP contribution in [0.15, 0.2) is 24.3 Å². The van der Waals surface area contributed by atoms with Gasteiger partial charge in [-0.1, -0.05) is 12.1 Å². The molecule has 0 heterocycles. The molecule has 1 unspecified atom stereocenters. The number of ether oxygens (including phenoxy) is 1. The van der Waals surface area contributed by atoms with Crippen LogP contribution in [0.25, 0.3) is 0 Å². The molecule has 1 rings (SSSR count). The number of anilines is 1. The van der Waals surface area contributed by atoms with E-state index in [1.165, 1.54) is 0 Å². The molecule has 114 valence electrons. The first-order valence-corrected chi connectivity index (χ1v) is 6.18. The highest BCUT2D eigenvalue weighted by Crippen LogP contribution is 2.23. The maximum absolute atomic E-state index is 11.7. The molecule has 8 nitrogen and oxygen atoms in total. The molecule has 1 aromatic carbocycles. The second kappa shape index (κ2) is 7.73. The summed E-state index contributed by atoms with van der Waals surface area (Å²) < 4.78 is 5.30. The summed E-state index contributed by atoms with van der Waals surface area (Å²) in [7, 11) is 0. The van der Waals surface area contributed by atoms with Crippen molar-refractivity contribution in [3.8, 4) is 5.75 Å². The third kappa shape index (κ3) is 5.39. The first-order valence-electron chi connectivity index (χ1n) is 6.18. The highest BCUT2D eigenvalue weighted by atomic mass is 16.5. The van der Waals surface area contributed by atoms with Crippen LogP contribution in [0, 0.1) is 0 Å². The summed E-state index contributed by atoms with van der Waals surface area (Å²) in [5.41, 5.74) is 0.358. The van der Waals surface area contributed by atoms with E-state index in [1.54, 1.807) is 31.2 Å². The Labute approximate surface area is 120 Å². The van der Waals surface area contributed by atoms with Gasteiger partial charge in [0.05, 0.1) is 18.7 Å². The number of aliphatic carboxylic acids is 2. The maximum atomic E-state index is 11.7. The van der Waals surface area contributed by atoms with E-state index in [2.05, 4.69) is 10.6 Å². The Balaban J connectivity index is 2.72. The summed E-state index contributed by atoms with van der Waals surface area (Å²) in [4.78, 5) is 33.1. The van der Waals surface area contributed by atoms with Crippen molar-refractivity contribution in [3.05, 3.63) is 24.3 Å². The van der Waals surface area contributed by atoms with E-state index in [1.807, 2.05) is 0 Å². The fourth-order valence-corrected chi connectivity index (χ4v) is 1.54. The van der Waals surface area contributed by atoms with Crippen molar-refractivity contribution in [3.63, 3.8) is 0 Å². The molecule has 0 saturated carbocycles. The van der Waals surface area contributed by atoms with Crippen molar-refractivity contribution < 1.29 is 29.3 Å². The van der Waals surface area contributed by atoms with Gasteiger partial charge in [-0.3, -0.25) is 4.79 Å². The zero-order chi connectivity index (χ0) is 15.8. The molecular formula is C13H16N2O6. The Morgan fingerprint density at radius 3 is 2.48 bits per heavy atom. The Morgan fingerprint density at radius 2 is 1.90 bits per heavy atom. The number of urea groups is 1. The first-order chi connectivity index (χ1) is 9.93. The number of rotatable bonds is 7. The van der Waals surface area contributed by atoms with Crippen LogP contribution >= 0.6 is 0 Å². The van der Waals surface area contributed by atoms with Gasteiger partial charge in [-0.25, -0.2) is 9.59 Å². The molecular weight excluding hydrogens is 280 g/mol. The van der Waals surface area contributed by atoms with E-state index in [9.17, 15) is 14.4 Å². The summed E-state index contributed by atoms with van der Waals surface area (Å²) >= 11 is 0. The van der Waals surface area contributed by atoms with Gasteiger partial charge in [0, 0.05) is 0 Å². The average molecular weight is 296 g/mol. The number of carbonyl (C=O) groups excluding carboxylic acids is 1. The summed E-state index contributed by atoms with van der Waals surface area (Å²) in [5, 5.41) is 21.9. The second-order valence-corrected chi connectivity index (χ2v) is 4.02. The minimum absolute atomic E-state index is 0.358. The molecule has 4 N–H and O–H groups in total. The zero-order valence-corrected chi connectivity index (χ0v) is 11.3. The standard InChI is InChI=1S/C13H16N2O6/c1-2-21-10-6-4-3-5-8(10)14-13(20)15-9(12(18)19)7-11(16)17/h3-6,9H,2,7H2,1H3,(H,16,17)(H,18,19)(H2,14,15,20). The molecule has 0 aliphatic heterocycles. The Kier molecular flexibility index (Phi) is 5.99. The van der Waals surface area contributed by atoms with E-state index < -0.39 is 30.4 Å². The van der Waals surface area contributed by atoms with Crippen molar-refractivity contribution in [1.82, 2.24) is 5.32 Å². The fraction of sp³-hybridized carbons (Fsp3) is 0.308. The van der Waals surface area contributed by atoms with Gasteiger partial charge in [0.25, 0.3) is 0 Å². The smallest absolute Gasteiger partial charge is 0.326 e.